The largest absolute Gasteiger partial charge is 0.444 e. The smallest absolute Gasteiger partial charge is 0.211 e. The molecule has 1 unspecified atom stereocenters. The highest BCUT2D eigenvalue weighted by Gasteiger charge is 2.11. The van der Waals surface area contributed by atoms with Crippen molar-refractivity contribution >= 4 is 0 Å². The number of rotatable bonds is 4. The molecule has 0 aliphatic rings. The van der Waals surface area contributed by atoms with Gasteiger partial charge in [-0.05, 0) is 20.8 Å². The molecule has 5 heteroatoms. The van der Waals surface area contributed by atoms with E-state index in [0.29, 0.717) is 0 Å². The first-order chi connectivity index (χ1) is 8.06. The van der Waals surface area contributed by atoms with E-state index in [-0.39, 0.29) is 6.04 Å². The number of aromatic nitrogens is 3. The zero-order valence-corrected chi connectivity index (χ0v) is 10.7. The fraction of sp³-hybridized carbons (Fsp3) is 0.500. The molecular weight excluding hydrogens is 216 g/mol. The van der Waals surface area contributed by atoms with Crippen molar-refractivity contribution in [3.8, 4) is 0 Å². The summed E-state index contributed by atoms with van der Waals surface area (Å²) in [6.45, 7) is 6.71. The Labute approximate surface area is 101 Å². The second kappa shape index (κ2) is 4.71. The summed E-state index contributed by atoms with van der Waals surface area (Å²) in [5.74, 6) is 1.57. The highest BCUT2D eigenvalue weighted by atomic mass is 16.4. The third-order valence-corrected chi connectivity index (χ3v) is 2.72. The Morgan fingerprint density at radius 2 is 2.24 bits per heavy atom. The van der Waals surface area contributed by atoms with Crippen molar-refractivity contribution in [2.45, 2.75) is 33.4 Å². The summed E-state index contributed by atoms with van der Waals surface area (Å²) >= 11 is 0. The van der Waals surface area contributed by atoms with Crippen LogP contribution in [-0.2, 0) is 13.6 Å². The molecule has 92 valence electrons. The van der Waals surface area contributed by atoms with E-state index in [1.54, 1.807) is 6.20 Å². The Bertz CT molecular complexity index is 500. The fourth-order valence-corrected chi connectivity index (χ4v) is 1.74. The van der Waals surface area contributed by atoms with Crippen LogP contribution in [0.1, 0.15) is 35.9 Å². The molecule has 0 bridgehead atoms. The lowest BCUT2D eigenvalue weighted by molar-refractivity contribution is 0.402. The van der Waals surface area contributed by atoms with Crippen LogP contribution in [0.4, 0.5) is 0 Å². The van der Waals surface area contributed by atoms with Crippen molar-refractivity contribution in [2.24, 2.45) is 7.05 Å². The molecular formula is C12H18N4O. The zero-order valence-electron chi connectivity index (χ0n) is 10.7. The molecule has 0 fully saturated rings. The van der Waals surface area contributed by atoms with Gasteiger partial charge in [0.05, 0.1) is 17.9 Å². The summed E-state index contributed by atoms with van der Waals surface area (Å²) in [4.78, 5) is 4.21. The Kier molecular flexibility index (Phi) is 3.28. The average Bonchev–Trinajstić information content (AvgIpc) is 2.82. The van der Waals surface area contributed by atoms with Gasteiger partial charge in [-0.2, -0.15) is 5.10 Å². The summed E-state index contributed by atoms with van der Waals surface area (Å²) in [7, 11) is 1.93. The van der Waals surface area contributed by atoms with E-state index >= 15 is 0 Å². The third kappa shape index (κ3) is 2.74. The van der Waals surface area contributed by atoms with E-state index in [0.717, 1.165) is 23.9 Å². The van der Waals surface area contributed by atoms with E-state index in [1.165, 1.54) is 5.56 Å². The maximum absolute atomic E-state index is 5.47. The molecule has 17 heavy (non-hydrogen) atoms. The van der Waals surface area contributed by atoms with Gasteiger partial charge in [0.15, 0.2) is 0 Å². The average molecular weight is 234 g/mol. The second-order valence-electron chi connectivity index (χ2n) is 4.33. The first kappa shape index (κ1) is 11.9. The van der Waals surface area contributed by atoms with Gasteiger partial charge in [-0.15, -0.1) is 0 Å². The minimum absolute atomic E-state index is 0.100. The van der Waals surface area contributed by atoms with Gasteiger partial charge in [-0.25, -0.2) is 4.98 Å². The number of oxazole rings is 1. The predicted octanol–water partition coefficient (Wildman–Crippen LogP) is 1.88. The maximum Gasteiger partial charge on any atom is 0.211 e. The minimum atomic E-state index is 0.100. The molecule has 2 aromatic rings. The van der Waals surface area contributed by atoms with E-state index in [1.807, 2.05) is 38.7 Å². The number of nitrogens with zero attached hydrogens (tertiary/aromatic N) is 3. The van der Waals surface area contributed by atoms with Crippen molar-refractivity contribution in [1.82, 2.24) is 20.1 Å². The molecule has 2 heterocycles. The predicted molar refractivity (Wildman–Crippen MR) is 64.4 cm³/mol. The van der Waals surface area contributed by atoms with Crippen molar-refractivity contribution in [1.29, 1.82) is 0 Å². The van der Waals surface area contributed by atoms with E-state index in [2.05, 4.69) is 15.4 Å². The maximum atomic E-state index is 5.47. The molecule has 1 N–H and O–H groups in total. The van der Waals surface area contributed by atoms with Crippen LogP contribution in [0.5, 0.6) is 0 Å². The van der Waals surface area contributed by atoms with Crippen molar-refractivity contribution in [3.05, 3.63) is 35.3 Å². The molecule has 1 atom stereocenters. The van der Waals surface area contributed by atoms with Gasteiger partial charge in [-0.3, -0.25) is 4.68 Å². The third-order valence-electron chi connectivity index (χ3n) is 2.72. The summed E-state index contributed by atoms with van der Waals surface area (Å²) in [6, 6.07) is 0.100. The summed E-state index contributed by atoms with van der Waals surface area (Å²) in [5.41, 5.74) is 2.25. The summed E-state index contributed by atoms with van der Waals surface area (Å²) < 4.78 is 7.30. The molecule has 0 saturated carbocycles. The number of aryl methyl sites for hydroxylation is 3. The fourth-order valence-electron chi connectivity index (χ4n) is 1.74. The van der Waals surface area contributed by atoms with Gasteiger partial charge in [0.1, 0.15) is 5.76 Å². The van der Waals surface area contributed by atoms with E-state index < -0.39 is 0 Å². The molecule has 2 rings (SSSR count). The Balaban J connectivity index is 1.96. The Morgan fingerprint density at radius 3 is 2.76 bits per heavy atom. The molecule has 2 aromatic heterocycles. The lowest BCUT2D eigenvalue weighted by atomic mass is 10.2. The van der Waals surface area contributed by atoms with Crippen molar-refractivity contribution in [3.63, 3.8) is 0 Å². The Hall–Kier alpha value is -1.62. The normalized spacial score (nSPS) is 12.9. The van der Waals surface area contributed by atoms with E-state index in [4.69, 9.17) is 4.42 Å². The molecule has 0 aliphatic heterocycles. The van der Waals surface area contributed by atoms with Gasteiger partial charge in [0, 0.05) is 25.4 Å². The highest BCUT2D eigenvalue weighted by molar-refractivity contribution is 5.15. The van der Waals surface area contributed by atoms with Crippen LogP contribution >= 0.6 is 0 Å². The van der Waals surface area contributed by atoms with E-state index in [9.17, 15) is 0 Å². The molecule has 0 saturated heterocycles. The zero-order chi connectivity index (χ0) is 12.4. The van der Waals surface area contributed by atoms with Crippen LogP contribution in [-0.4, -0.2) is 14.8 Å². The standard InChI is InChI=1S/C12H18N4O/c1-8-5-14-12(17-8)10(3)13-6-11-7-16(4)15-9(11)2/h5,7,10,13H,6H2,1-4H3. The number of nitrogens with one attached hydrogen (secondary N) is 1. The monoisotopic (exact) mass is 234 g/mol. The van der Waals surface area contributed by atoms with Crippen LogP contribution in [0.15, 0.2) is 16.8 Å². The van der Waals surface area contributed by atoms with Crippen LogP contribution in [0, 0.1) is 13.8 Å². The number of hydrogen-bond donors (Lipinski definition) is 1. The summed E-state index contributed by atoms with van der Waals surface area (Å²) in [5, 5.41) is 7.68. The van der Waals surface area contributed by atoms with Gasteiger partial charge in [0.2, 0.25) is 5.89 Å². The highest BCUT2D eigenvalue weighted by Crippen LogP contribution is 2.13. The van der Waals surface area contributed by atoms with Gasteiger partial charge >= 0.3 is 0 Å². The van der Waals surface area contributed by atoms with Crippen LogP contribution in [0.25, 0.3) is 0 Å². The SMILES string of the molecule is Cc1cnc(C(C)NCc2cn(C)nc2C)o1. The van der Waals surface area contributed by atoms with Crippen LogP contribution < -0.4 is 5.32 Å². The van der Waals surface area contributed by atoms with Gasteiger partial charge < -0.3 is 9.73 Å². The lowest BCUT2D eigenvalue weighted by Gasteiger charge is -2.09. The molecule has 0 amide bonds. The lowest BCUT2D eigenvalue weighted by Crippen LogP contribution is -2.18. The second-order valence-corrected chi connectivity index (χ2v) is 4.33. The molecule has 0 radical (unpaired) electrons. The van der Waals surface area contributed by atoms with Gasteiger partial charge in [0.25, 0.3) is 0 Å². The molecule has 5 nitrogen and oxygen atoms in total. The quantitative estimate of drug-likeness (QED) is 0.877. The molecule has 0 spiro atoms. The van der Waals surface area contributed by atoms with Crippen LogP contribution in [0.2, 0.25) is 0 Å². The van der Waals surface area contributed by atoms with Crippen molar-refractivity contribution < 1.29 is 4.42 Å². The van der Waals surface area contributed by atoms with Crippen molar-refractivity contribution in [2.75, 3.05) is 0 Å². The topological polar surface area (TPSA) is 55.9 Å². The number of hydrogen-bond acceptors (Lipinski definition) is 4. The summed E-state index contributed by atoms with van der Waals surface area (Å²) in [6.07, 6.45) is 3.76. The van der Waals surface area contributed by atoms with Crippen LogP contribution in [0.3, 0.4) is 0 Å². The first-order valence-corrected chi connectivity index (χ1v) is 5.71. The minimum Gasteiger partial charge on any atom is -0.444 e. The molecule has 0 aliphatic carbocycles. The Morgan fingerprint density at radius 1 is 1.47 bits per heavy atom. The molecule has 0 aromatic carbocycles. The first-order valence-electron chi connectivity index (χ1n) is 5.71. The van der Waals surface area contributed by atoms with Gasteiger partial charge in [-0.1, -0.05) is 0 Å².